The van der Waals surface area contributed by atoms with Gasteiger partial charge in [0.05, 0.1) is 45.6 Å². The van der Waals surface area contributed by atoms with Gasteiger partial charge in [-0.05, 0) is 77.1 Å². The molecule has 1 aromatic heterocycles. The topological polar surface area (TPSA) is 262 Å². The van der Waals surface area contributed by atoms with Crippen LogP contribution in [0.4, 0.5) is 5.82 Å². The molecule has 2 aliphatic carbocycles. The van der Waals surface area contributed by atoms with Crippen LogP contribution in [-0.4, -0.2) is 124 Å². The molecule has 0 bridgehead atoms. The van der Waals surface area contributed by atoms with Gasteiger partial charge in [0.25, 0.3) is 30.4 Å². The number of nitrogens with one attached hydrogen (secondary N) is 1. The number of thioether (sulfide) groups is 1. The molecule has 2 aliphatic rings. The minimum absolute atomic E-state index is 0.0615. The first kappa shape index (κ1) is 42.8. The van der Waals surface area contributed by atoms with Crippen molar-refractivity contribution in [2.24, 2.45) is 10.2 Å². The van der Waals surface area contributed by atoms with Gasteiger partial charge in [-0.2, -0.15) is 40.7 Å². The minimum atomic E-state index is -4.40. The normalized spacial score (nSPS) is 26.7. The highest BCUT2D eigenvalue weighted by Gasteiger charge is 2.44. The van der Waals surface area contributed by atoms with Gasteiger partial charge in [0.2, 0.25) is 5.91 Å². The lowest BCUT2D eigenvalue weighted by molar-refractivity contribution is -0.120. The average Bonchev–Trinajstić information content (AvgIpc) is 3.34. The summed E-state index contributed by atoms with van der Waals surface area (Å²) in [6, 6.07) is 0.122. The van der Waals surface area contributed by atoms with E-state index in [4.69, 9.17) is 32.3 Å². The summed E-state index contributed by atoms with van der Waals surface area (Å²) < 4.78 is 97.7. The van der Waals surface area contributed by atoms with Crippen molar-refractivity contribution < 1.29 is 43.7 Å². The first-order chi connectivity index (χ1) is 23.2. The Kier molecular flexibility index (Phi) is 15.8. The molecular weight excluding hydrogens is 782 g/mol. The summed E-state index contributed by atoms with van der Waals surface area (Å²) in [5.74, 6) is -1.06. The molecule has 284 valence electrons. The summed E-state index contributed by atoms with van der Waals surface area (Å²) in [5, 5.41) is 23.9. The molecule has 23 heteroatoms. The summed E-state index contributed by atoms with van der Waals surface area (Å²) in [6.07, 6.45) is 4.17. The second-order valence-corrected chi connectivity index (χ2v) is 19.2. The second-order valence-electron chi connectivity index (χ2n) is 12.5. The third-order valence-corrected chi connectivity index (χ3v) is 13.1. The molecule has 1 amide bonds. The number of rotatable bonds is 17. The number of nitriles is 1. The molecule has 0 radical (unpaired) electrons. The number of azo groups is 1. The summed E-state index contributed by atoms with van der Waals surface area (Å²) in [4.78, 5) is 14.4. The quantitative estimate of drug-likeness (QED) is 0.0577. The second kappa shape index (κ2) is 18.4. The summed E-state index contributed by atoms with van der Waals surface area (Å²) >= 11 is 14.4. The lowest BCUT2D eigenvalue weighted by Crippen LogP contribution is -2.51. The number of halogens is 2. The fourth-order valence-corrected chi connectivity index (χ4v) is 10.3. The third kappa shape index (κ3) is 12.8. The van der Waals surface area contributed by atoms with E-state index in [2.05, 4.69) is 31.6 Å². The Balaban J connectivity index is 1.87. The molecule has 2 saturated carbocycles. The SMILES string of the molecule is CSc1nn(C2C(Cl)CC(S(=O)(=O)O)CC2Cl)c(N=NC2CCC(N(CCCCS(=O)(=O)O)CCCCS(=O)(=O)O)CC2NC(C)=O)c1C#N. The predicted molar refractivity (Wildman–Crippen MR) is 188 cm³/mol. The number of carbonyl (C=O) groups excluding carboxylic acids is 1. The van der Waals surface area contributed by atoms with Crippen LogP contribution in [0.5, 0.6) is 0 Å². The highest BCUT2D eigenvalue weighted by atomic mass is 35.5. The Hall–Kier alpha value is -1.61. The highest BCUT2D eigenvalue weighted by Crippen LogP contribution is 2.42. The molecule has 4 N–H and O–H groups in total. The van der Waals surface area contributed by atoms with Gasteiger partial charge in [-0.1, -0.05) is 0 Å². The maximum absolute atomic E-state index is 12.3. The van der Waals surface area contributed by atoms with Crippen LogP contribution in [0, 0.1) is 11.3 Å². The van der Waals surface area contributed by atoms with Crippen molar-refractivity contribution in [1.82, 2.24) is 20.0 Å². The predicted octanol–water partition coefficient (Wildman–Crippen LogP) is 3.43. The molecule has 0 aliphatic heterocycles. The lowest BCUT2D eigenvalue weighted by atomic mass is 9.86. The number of aromatic nitrogens is 2. The van der Waals surface area contributed by atoms with Gasteiger partial charge in [0.1, 0.15) is 16.7 Å². The van der Waals surface area contributed by atoms with Gasteiger partial charge in [-0.25, -0.2) is 4.68 Å². The van der Waals surface area contributed by atoms with Crippen LogP contribution >= 0.6 is 35.0 Å². The van der Waals surface area contributed by atoms with Crippen molar-refractivity contribution in [1.29, 1.82) is 5.26 Å². The van der Waals surface area contributed by atoms with Crippen LogP contribution in [0.25, 0.3) is 0 Å². The Bertz CT molecular complexity index is 1690. The van der Waals surface area contributed by atoms with Crippen LogP contribution in [0.3, 0.4) is 0 Å². The van der Waals surface area contributed by atoms with Crippen molar-refractivity contribution >= 4 is 77.0 Å². The average molecular weight is 825 g/mol. The monoisotopic (exact) mass is 823 g/mol. The van der Waals surface area contributed by atoms with E-state index < -0.39 is 76.0 Å². The first-order valence-corrected chi connectivity index (χ1v) is 22.7. The maximum Gasteiger partial charge on any atom is 0.267 e. The smallest absolute Gasteiger partial charge is 0.267 e. The van der Waals surface area contributed by atoms with Crippen LogP contribution < -0.4 is 5.32 Å². The van der Waals surface area contributed by atoms with E-state index in [0.29, 0.717) is 50.2 Å². The van der Waals surface area contributed by atoms with Crippen molar-refractivity contribution in [2.45, 2.75) is 110 Å². The number of hydrogen-bond acceptors (Lipinski definition) is 13. The summed E-state index contributed by atoms with van der Waals surface area (Å²) in [6.45, 7) is 2.23. The van der Waals surface area contributed by atoms with E-state index in [-0.39, 0.29) is 49.0 Å². The Morgan fingerprint density at radius 3 is 2.02 bits per heavy atom. The van der Waals surface area contributed by atoms with Crippen molar-refractivity contribution in [3.63, 3.8) is 0 Å². The number of hydrogen-bond donors (Lipinski definition) is 4. The molecule has 1 aromatic rings. The summed E-state index contributed by atoms with van der Waals surface area (Å²) in [5.41, 5.74) is 0.108. The zero-order valence-corrected chi connectivity index (χ0v) is 32.3. The van der Waals surface area contributed by atoms with Gasteiger partial charge in [0, 0.05) is 13.0 Å². The van der Waals surface area contributed by atoms with E-state index >= 15 is 0 Å². The van der Waals surface area contributed by atoms with Gasteiger partial charge < -0.3 is 10.2 Å². The molecule has 5 atom stereocenters. The van der Waals surface area contributed by atoms with Crippen LogP contribution in [0.15, 0.2) is 15.3 Å². The number of amides is 1. The first-order valence-electron chi connectivity index (χ1n) is 15.9. The zero-order valence-electron chi connectivity index (χ0n) is 27.5. The maximum atomic E-state index is 12.3. The van der Waals surface area contributed by atoms with Crippen LogP contribution in [0.2, 0.25) is 0 Å². The standard InChI is InChI=1S/C27H43Cl2N7O10S4/c1-17(37)31-24-13-18(35(9-3-5-11-48(38,39)40)10-4-6-12-49(41,42)43)7-8-23(24)32-33-26-20(16-30)27(47-2)34-36(26)25-21(28)14-19(15-22(25)29)50(44,45)46/h18-19,21-25H,3-15H2,1-2H3,(H,31,37)(H,38,39,40)(H,41,42,43)(H,44,45,46). The molecule has 1 heterocycles. The lowest BCUT2D eigenvalue weighted by Gasteiger charge is -2.40. The fraction of sp³-hybridized carbons (Fsp3) is 0.815. The molecule has 17 nitrogen and oxygen atoms in total. The van der Waals surface area contributed by atoms with Crippen molar-refractivity contribution in [2.75, 3.05) is 30.9 Å². The van der Waals surface area contributed by atoms with E-state index in [1.165, 1.54) is 23.4 Å². The number of alkyl halides is 2. The van der Waals surface area contributed by atoms with Gasteiger partial charge >= 0.3 is 0 Å². The van der Waals surface area contributed by atoms with E-state index in [1.54, 1.807) is 6.26 Å². The van der Waals surface area contributed by atoms with Crippen molar-refractivity contribution in [3.05, 3.63) is 5.56 Å². The zero-order chi connectivity index (χ0) is 37.4. The Morgan fingerprint density at radius 1 is 1.00 bits per heavy atom. The number of nitrogens with zero attached hydrogens (tertiary/aromatic N) is 6. The largest absolute Gasteiger partial charge is 0.351 e. The van der Waals surface area contributed by atoms with E-state index in [1.807, 2.05) is 0 Å². The Labute approximate surface area is 307 Å². The molecule has 5 unspecified atom stereocenters. The van der Waals surface area contributed by atoms with Gasteiger partial charge in [-0.15, -0.1) is 40.1 Å². The molecule has 2 fully saturated rings. The van der Waals surface area contributed by atoms with Gasteiger partial charge in [0.15, 0.2) is 5.82 Å². The Morgan fingerprint density at radius 2 is 1.56 bits per heavy atom. The minimum Gasteiger partial charge on any atom is -0.351 e. The molecule has 0 saturated heterocycles. The number of unbranched alkanes of at least 4 members (excludes halogenated alkanes) is 2. The molecule has 50 heavy (non-hydrogen) atoms. The molecule has 0 aromatic carbocycles. The molecular formula is C27H43Cl2N7O10S4. The van der Waals surface area contributed by atoms with Crippen molar-refractivity contribution in [3.8, 4) is 6.07 Å². The van der Waals surface area contributed by atoms with E-state index in [0.717, 1.165) is 0 Å². The van der Waals surface area contributed by atoms with E-state index in [9.17, 15) is 39.9 Å². The third-order valence-electron chi connectivity index (χ3n) is 8.77. The van der Waals surface area contributed by atoms with Crippen LogP contribution in [-0.2, 0) is 35.1 Å². The number of carbonyl (C=O) groups is 1. The highest BCUT2D eigenvalue weighted by molar-refractivity contribution is 7.98. The summed E-state index contributed by atoms with van der Waals surface area (Å²) in [7, 11) is -12.7. The fourth-order valence-electron chi connectivity index (χ4n) is 6.43. The molecule has 3 rings (SSSR count). The van der Waals surface area contributed by atoms with Crippen LogP contribution in [0.1, 0.15) is 76.3 Å². The molecule has 0 spiro atoms. The van der Waals surface area contributed by atoms with Gasteiger partial charge in [-0.3, -0.25) is 18.5 Å².